The van der Waals surface area contributed by atoms with Crippen LogP contribution in [0.15, 0.2) is 24.3 Å². The number of rotatable bonds is 7. The molecule has 1 aromatic rings. The summed E-state index contributed by atoms with van der Waals surface area (Å²) in [5, 5.41) is 17.5. The van der Waals surface area contributed by atoms with E-state index in [-0.39, 0.29) is 12.3 Å². The van der Waals surface area contributed by atoms with Crippen LogP contribution in [-0.2, 0) is 16.1 Å². The van der Waals surface area contributed by atoms with Gasteiger partial charge in [0.2, 0.25) is 5.91 Å². The standard InChI is InChI=1S/C15H19N3O3/c1-2-7-18(15(21)13(17)8-14(19)20)10-12-5-3-11(9-16)4-6-12/h3-6,13H,2,7-8,10,17H2,1H3,(H,19,20). The number of carbonyl (C=O) groups excluding carboxylic acids is 1. The van der Waals surface area contributed by atoms with Gasteiger partial charge in [-0.15, -0.1) is 0 Å². The summed E-state index contributed by atoms with van der Waals surface area (Å²) in [5.41, 5.74) is 7.06. The number of aliphatic carboxylic acids is 1. The molecule has 0 saturated heterocycles. The number of hydrogen-bond acceptors (Lipinski definition) is 4. The third-order valence-corrected chi connectivity index (χ3v) is 2.97. The summed E-state index contributed by atoms with van der Waals surface area (Å²) in [7, 11) is 0. The first kappa shape index (κ1) is 16.7. The van der Waals surface area contributed by atoms with Crippen molar-refractivity contribution in [3.05, 3.63) is 35.4 Å². The summed E-state index contributed by atoms with van der Waals surface area (Å²) in [5.74, 6) is -1.46. The van der Waals surface area contributed by atoms with E-state index >= 15 is 0 Å². The zero-order chi connectivity index (χ0) is 15.8. The van der Waals surface area contributed by atoms with Crippen LogP contribution in [0, 0.1) is 11.3 Å². The number of carboxylic acid groups (broad SMARTS) is 1. The highest BCUT2D eigenvalue weighted by atomic mass is 16.4. The lowest BCUT2D eigenvalue weighted by Crippen LogP contribution is -2.44. The zero-order valence-corrected chi connectivity index (χ0v) is 12.0. The predicted octanol–water partition coefficient (Wildman–Crippen LogP) is 1.10. The molecule has 0 saturated carbocycles. The number of nitriles is 1. The van der Waals surface area contributed by atoms with E-state index in [1.54, 1.807) is 29.2 Å². The van der Waals surface area contributed by atoms with Gasteiger partial charge in [-0.25, -0.2) is 0 Å². The van der Waals surface area contributed by atoms with Crippen LogP contribution in [0.1, 0.15) is 30.9 Å². The van der Waals surface area contributed by atoms with Crippen LogP contribution in [0.25, 0.3) is 0 Å². The molecule has 0 aliphatic carbocycles. The topological polar surface area (TPSA) is 107 Å². The van der Waals surface area contributed by atoms with Crippen molar-refractivity contribution in [2.24, 2.45) is 5.73 Å². The quantitative estimate of drug-likeness (QED) is 0.781. The number of carbonyl (C=O) groups is 2. The van der Waals surface area contributed by atoms with Crippen LogP contribution < -0.4 is 5.73 Å². The van der Waals surface area contributed by atoms with E-state index in [4.69, 9.17) is 16.1 Å². The zero-order valence-electron chi connectivity index (χ0n) is 12.0. The molecule has 3 N–H and O–H groups in total. The average Bonchev–Trinajstić information content (AvgIpc) is 2.46. The van der Waals surface area contributed by atoms with E-state index < -0.39 is 12.0 Å². The van der Waals surface area contributed by atoms with Gasteiger partial charge in [-0.05, 0) is 24.1 Å². The Hall–Kier alpha value is -2.39. The van der Waals surface area contributed by atoms with Crippen LogP contribution >= 0.6 is 0 Å². The van der Waals surface area contributed by atoms with Crippen molar-refractivity contribution in [2.45, 2.75) is 32.4 Å². The molecule has 0 fully saturated rings. The number of nitrogens with two attached hydrogens (primary N) is 1. The maximum Gasteiger partial charge on any atom is 0.305 e. The highest BCUT2D eigenvalue weighted by Crippen LogP contribution is 2.09. The van der Waals surface area contributed by atoms with Crippen molar-refractivity contribution in [1.29, 1.82) is 5.26 Å². The van der Waals surface area contributed by atoms with Crippen molar-refractivity contribution in [3.8, 4) is 6.07 Å². The summed E-state index contributed by atoms with van der Waals surface area (Å²) in [6.45, 7) is 2.79. The first-order valence-corrected chi connectivity index (χ1v) is 6.73. The molecule has 0 aromatic heterocycles. The Kier molecular flexibility index (Phi) is 6.37. The molecular formula is C15H19N3O3. The average molecular weight is 289 g/mol. The fourth-order valence-electron chi connectivity index (χ4n) is 1.95. The fraction of sp³-hybridized carbons (Fsp3) is 0.400. The van der Waals surface area contributed by atoms with E-state index in [9.17, 15) is 9.59 Å². The third-order valence-electron chi connectivity index (χ3n) is 2.97. The highest BCUT2D eigenvalue weighted by Gasteiger charge is 2.22. The number of carboxylic acids is 1. The van der Waals surface area contributed by atoms with Gasteiger partial charge in [-0.1, -0.05) is 19.1 Å². The van der Waals surface area contributed by atoms with Crippen LogP contribution in [0.4, 0.5) is 0 Å². The summed E-state index contributed by atoms with van der Waals surface area (Å²) in [6, 6.07) is 7.91. The van der Waals surface area contributed by atoms with Gasteiger partial charge in [0.25, 0.3) is 0 Å². The molecule has 1 amide bonds. The number of amides is 1. The van der Waals surface area contributed by atoms with Crippen molar-refractivity contribution >= 4 is 11.9 Å². The molecule has 1 unspecified atom stereocenters. The van der Waals surface area contributed by atoms with Gasteiger partial charge >= 0.3 is 5.97 Å². The second-order valence-electron chi connectivity index (χ2n) is 4.77. The van der Waals surface area contributed by atoms with Crippen molar-refractivity contribution in [3.63, 3.8) is 0 Å². The lowest BCUT2D eigenvalue weighted by molar-refractivity contribution is -0.142. The maximum absolute atomic E-state index is 12.2. The molecule has 0 aliphatic heterocycles. The minimum atomic E-state index is -1.09. The largest absolute Gasteiger partial charge is 0.481 e. The van der Waals surface area contributed by atoms with Gasteiger partial charge in [0, 0.05) is 13.1 Å². The number of hydrogen-bond donors (Lipinski definition) is 2. The van der Waals surface area contributed by atoms with E-state index in [2.05, 4.69) is 0 Å². The first-order chi connectivity index (χ1) is 9.97. The smallest absolute Gasteiger partial charge is 0.305 e. The lowest BCUT2D eigenvalue weighted by Gasteiger charge is -2.25. The first-order valence-electron chi connectivity index (χ1n) is 6.73. The molecule has 112 valence electrons. The molecule has 0 heterocycles. The van der Waals surface area contributed by atoms with Crippen molar-refractivity contribution in [2.75, 3.05) is 6.54 Å². The van der Waals surface area contributed by atoms with Crippen LogP contribution in [0.3, 0.4) is 0 Å². The maximum atomic E-state index is 12.2. The van der Waals surface area contributed by atoms with Crippen molar-refractivity contribution < 1.29 is 14.7 Å². The monoisotopic (exact) mass is 289 g/mol. The van der Waals surface area contributed by atoms with Crippen LogP contribution in [0.5, 0.6) is 0 Å². The molecule has 1 atom stereocenters. The van der Waals surface area contributed by atoms with Gasteiger partial charge in [-0.2, -0.15) is 5.26 Å². The predicted molar refractivity (Wildman–Crippen MR) is 77.1 cm³/mol. The van der Waals surface area contributed by atoms with Gasteiger partial charge in [0.05, 0.1) is 24.1 Å². The number of nitrogens with zero attached hydrogens (tertiary/aromatic N) is 2. The lowest BCUT2D eigenvalue weighted by atomic mass is 10.1. The second kappa shape index (κ2) is 8.02. The molecule has 6 nitrogen and oxygen atoms in total. The molecule has 0 radical (unpaired) electrons. The van der Waals surface area contributed by atoms with Gasteiger partial charge < -0.3 is 15.7 Å². The summed E-state index contributed by atoms with van der Waals surface area (Å²) in [4.78, 5) is 24.4. The Morgan fingerprint density at radius 3 is 2.48 bits per heavy atom. The fourth-order valence-corrected chi connectivity index (χ4v) is 1.95. The Bertz CT molecular complexity index is 534. The minimum Gasteiger partial charge on any atom is -0.481 e. The molecule has 0 spiro atoms. The Morgan fingerprint density at radius 2 is 2.00 bits per heavy atom. The summed E-state index contributed by atoms with van der Waals surface area (Å²) >= 11 is 0. The van der Waals surface area contributed by atoms with E-state index in [1.807, 2.05) is 13.0 Å². The van der Waals surface area contributed by atoms with Gasteiger partial charge in [0.15, 0.2) is 0 Å². The molecule has 0 bridgehead atoms. The summed E-state index contributed by atoms with van der Waals surface area (Å²) < 4.78 is 0. The Balaban J connectivity index is 2.78. The SMILES string of the molecule is CCCN(Cc1ccc(C#N)cc1)C(=O)C(N)CC(=O)O. The number of benzene rings is 1. The Morgan fingerprint density at radius 1 is 1.38 bits per heavy atom. The van der Waals surface area contributed by atoms with E-state index in [0.29, 0.717) is 18.7 Å². The molecular weight excluding hydrogens is 270 g/mol. The minimum absolute atomic E-state index is 0.353. The van der Waals surface area contributed by atoms with Crippen LogP contribution in [-0.4, -0.2) is 34.5 Å². The van der Waals surface area contributed by atoms with Crippen molar-refractivity contribution in [1.82, 2.24) is 4.90 Å². The molecule has 0 aliphatic rings. The second-order valence-corrected chi connectivity index (χ2v) is 4.77. The van der Waals surface area contributed by atoms with E-state index in [0.717, 1.165) is 12.0 Å². The third kappa shape index (κ3) is 5.24. The molecule has 6 heteroatoms. The van der Waals surface area contributed by atoms with Crippen LogP contribution in [0.2, 0.25) is 0 Å². The van der Waals surface area contributed by atoms with E-state index in [1.165, 1.54) is 0 Å². The highest BCUT2D eigenvalue weighted by molar-refractivity contribution is 5.85. The molecule has 1 aromatic carbocycles. The Labute approximate surface area is 123 Å². The molecule has 21 heavy (non-hydrogen) atoms. The van der Waals surface area contributed by atoms with Gasteiger partial charge in [-0.3, -0.25) is 9.59 Å². The normalized spacial score (nSPS) is 11.5. The van der Waals surface area contributed by atoms with Gasteiger partial charge in [0.1, 0.15) is 0 Å². The molecule has 1 rings (SSSR count). The summed E-state index contributed by atoms with van der Waals surface area (Å²) in [6.07, 6.45) is 0.369.